The van der Waals surface area contributed by atoms with Gasteiger partial charge in [-0.15, -0.1) is 0 Å². The SMILES string of the molecule is CCC(F)(CC)CN1CCC(COc2ccc(-c3ccc(C(=O)N4CCCC(O)C4)cc3)nc2)CC1. The number of hydrogen-bond donors (Lipinski definition) is 1. The quantitative estimate of drug-likeness (QED) is 0.530. The van der Waals surface area contributed by atoms with Crippen molar-refractivity contribution < 1.29 is 19.0 Å². The molecule has 0 saturated carbocycles. The number of aromatic nitrogens is 1. The van der Waals surface area contributed by atoms with Crippen LogP contribution in [0.4, 0.5) is 4.39 Å². The number of halogens is 1. The van der Waals surface area contributed by atoms with Gasteiger partial charge in [0.2, 0.25) is 0 Å². The van der Waals surface area contributed by atoms with Crippen molar-refractivity contribution >= 4 is 5.91 Å². The van der Waals surface area contributed by atoms with Gasteiger partial charge in [-0.3, -0.25) is 9.78 Å². The van der Waals surface area contributed by atoms with Gasteiger partial charge in [0.15, 0.2) is 0 Å². The average molecular weight is 498 g/mol. The highest BCUT2D eigenvalue weighted by Crippen LogP contribution is 2.26. The molecule has 0 aliphatic carbocycles. The van der Waals surface area contributed by atoms with Gasteiger partial charge in [-0.2, -0.15) is 0 Å². The van der Waals surface area contributed by atoms with E-state index in [1.165, 1.54) is 0 Å². The van der Waals surface area contributed by atoms with E-state index in [1.807, 2.05) is 50.2 Å². The molecule has 6 nitrogen and oxygen atoms in total. The van der Waals surface area contributed by atoms with Gasteiger partial charge in [-0.05, 0) is 81.8 Å². The Bertz CT molecular complexity index is 970. The van der Waals surface area contributed by atoms with E-state index in [4.69, 9.17) is 4.74 Å². The number of carbonyl (C=O) groups is 1. The van der Waals surface area contributed by atoms with E-state index in [-0.39, 0.29) is 5.91 Å². The fraction of sp³-hybridized carbons (Fsp3) is 0.586. The average Bonchev–Trinajstić information content (AvgIpc) is 2.92. The fourth-order valence-corrected chi connectivity index (χ4v) is 5.14. The maximum Gasteiger partial charge on any atom is 0.253 e. The Balaban J connectivity index is 1.24. The third kappa shape index (κ3) is 6.83. The molecular weight excluding hydrogens is 457 g/mol. The molecular formula is C29H40FN3O3. The molecule has 4 rings (SSSR count). The van der Waals surface area contributed by atoms with Crippen molar-refractivity contribution in [2.75, 3.05) is 39.3 Å². The molecule has 1 amide bonds. The highest BCUT2D eigenvalue weighted by Gasteiger charge is 2.30. The Hall–Kier alpha value is -2.51. The summed E-state index contributed by atoms with van der Waals surface area (Å²) in [4.78, 5) is 21.2. The number of carbonyl (C=O) groups excluding carboxylic acids is 1. The summed E-state index contributed by atoms with van der Waals surface area (Å²) in [6.45, 7) is 8.00. The van der Waals surface area contributed by atoms with Crippen LogP contribution in [-0.2, 0) is 0 Å². The number of nitrogens with zero attached hydrogens (tertiary/aromatic N) is 3. The summed E-state index contributed by atoms with van der Waals surface area (Å²) in [7, 11) is 0. The van der Waals surface area contributed by atoms with Crippen LogP contribution in [0.5, 0.6) is 5.75 Å². The number of aliphatic hydroxyl groups is 1. The fourth-order valence-electron chi connectivity index (χ4n) is 5.14. The van der Waals surface area contributed by atoms with Crippen LogP contribution in [0.2, 0.25) is 0 Å². The molecule has 196 valence electrons. The van der Waals surface area contributed by atoms with Gasteiger partial charge in [0.1, 0.15) is 11.4 Å². The van der Waals surface area contributed by atoms with Crippen molar-refractivity contribution in [1.29, 1.82) is 0 Å². The van der Waals surface area contributed by atoms with Crippen LogP contribution in [0.3, 0.4) is 0 Å². The summed E-state index contributed by atoms with van der Waals surface area (Å²) < 4.78 is 20.7. The molecule has 7 heteroatoms. The van der Waals surface area contributed by atoms with Crippen molar-refractivity contribution in [2.45, 2.75) is 64.1 Å². The lowest BCUT2D eigenvalue weighted by Gasteiger charge is -2.36. The zero-order valence-electron chi connectivity index (χ0n) is 21.7. The predicted molar refractivity (Wildman–Crippen MR) is 140 cm³/mol. The largest absolute Gasteiger partial charge is 0.492 e. The molecule has 0 radical (unpaired) electrons. The van der Waals surface area contributed by atoms with E-state index in [0.29, 0.717) is 50.6 Å². The second-order valence-electron chi connectivity index (χ2n) is 10.4. The van der Waals surface area contributed by atoms with Gasteiger partial charge in [0.25, 0.3) is 5.91 Å². The molecule has 1 aromatic carbocycles. The Morgan fingerprint density at radius 1 is 1.08 bits per heavy atom. The van der Waals surface area contributed by atoms with Gasteiger partial charge in [0, 0.05) is 30.8 Å². The zero-order chi connectivity index (χ0) is 25.5. The van der Waals surface area contributed by atoms with E-state index in [1.54, 1.807) is 11.1 Å². The first-order chi connectivity index (χ1) is 17.4. The highest BCUT2D eigenvalue weighted by atomic mass is 19.1. The number of likely N-dealkylation sites (tertiary alicyclic amines) is 2. The van der Waals surface area contributed by atoms with Crippen molar-refractivity contribution in [1.82, 2.24) is 14.8 Å². The number of amides is 1. The number of piperidine rings is 2. The van der Waals surface area contributed by atoms with Crippen molar-refractivity contribution in [3.63, 3.8) is 0 Å². The molecule has 2 aliphatic heterocycles. The monoisotopic (exact) mass is 497 g/mol. The number of rotatable bonds is 9. The number of pyridine rings is 1. The minimum atomic E-state index is -1.07. The van der Waals surface area contributed by atoms with Crippen molar-refractivity contribution in [3.8, 4) is 17.0 Å². The summed E-state index contributed by atoms with van der Waals surface area (Å²) in [6, 6.07) is 11.3. The van der Waals surface area contributed by atoms with Gasteiger partial charge >= 0.3 is 0 Å². The van der Waals surface area contributed by atoms with Crippen molar-refractivity contribution in [2.24, 2.45) is 5.92 Å². The smallest absolute Gasteiger partial charge is 0.253 e. The first-order valence-corrected chi connectivity index (χ1v) is 13.5. The number of β-amino-alcohol motifs (C(OH)–C–C–N with tert-alkyl or cyclic N) is 1. The third-order valence-corrected chi connectivity index (χ3v) is 7.81. The second-order valence-corrected chi connectivity index (χ2v) is 10.4. The molecule has 2 saturated heterocycles. The van der Waals surface area contributed by atoms with E-state index in [2.05, 4.69) is 9.88 Å². The number of ether oxygens (including phenoxy) is 1. The molecule has 0 spiro atoms. The van der Waals surface area contributed by atoms with Crippen LogP contribution in [0.25, 0.3) is 11.3 Å². The molecule has 2 aromatic rings. The maximum absolute atomic E-state index is 14.7. The first-order valence-electron chi connectivity index (χ1n) is 13.5. The standard InChI is InChI=1S/C29H40FN3O3/c1-3-29(30,4-2)21-32-16-13-22(14-17-32)20-36-26-11-12-27(31-18-26)23-7-9-24(10-8-23)28(35)33-15-5-6-25(34)19-33/h7-12,18,22,25,34H,3-6,13-17,19-21H2,1-2H3. The molecule has 3 heterocycles. The molecule has 2 fully saturated rings. The van der Waals surface area contributed by atoms with E-state index >= 15 is 0 Å². The van der Waals surface area contributed by atoms with Gasteiger partial charge in [-0.1, -0.05) is 26.0 Å². The molecule has 36 heavy (non-hydrogen) atoms. The second kappa shape index (κ2) is 12.2. The topological polar surface area (TPSA) is 65.9 Å². The summed E-state index contributed by atoms with van der Waals surface area (Å²) in [5, 5.41) is 9.84. The van der Waals surface area contributed by atoms with E-state index < -0.39 is 11.8 Å². The Morgan fingerprint density at radius 2 is 1.81 bits per heavy atom. The van der Waals surface area contributed by atoms with Gasteiger partial charge in [-0.25, -0.2) is 4.39 Å². The van der Waals surface area contributed by atoms with Crippen molar-refractivity contribution in [3.05, 3.63) is 48.2 Å². The summed E-state index contributed by atoms with van der Waals surface area (Å²) >= 11 is 0. The predicted octanol–water partition coefficient (Wildman–Crippen LogP) is 4.96. The normalized spacial score (nSPS) is 19.9. The van der Waals surface area contributed by atoms with Crippen LogP contribution in [0, 0.1) is 5.92 Å². The lowest BCUT2D eigenvalue weighted by molar-refractivity contribution is 0.0474. The Morgan fingerprint density at radius 3 is 2.42 bits per heavy atom. The molecule has 1 N–H and O–H groups in total. The van der Waals surface area contributed by atoms with E-state index in [0.717, 1.165) is 55.8 Å². The lowest BCUT2D eigenvalue weighted by atomic mass is 9.94. The van der Waals surface area contributed by atoms with E-state index in [9.17, 15) is 14.3 Å². The van der Waals surface area contributed by atoms with Crippen LogP contribution >= 0.6 is 0 Å². The van der Waals surface area contributed by atoms with Gasteiger partial charge < -0.3 is 19.6 Å². The molecule has 1 aromatic heterocycles. The Labute approximate surface area is 214 Å². The molecule has 2 aliphatic rings. The number of aliphatic hydroxyl groups excluding tert-OH is 1. The third-order valence-electron chi connectivity index (χ3n) is 7.81. The zero-order valence-corrected chi connectivity index (χ0v) is 21.7. The lowest BCUT2D eigenvalue weighted by Crippen LogP contribution is -2.44. The molecule has 1 unspecified atom stereocenters. The van der Waals surface area contributed by atoms with Gasteiger partial charge in [0.05, 0.1) is 24.6 Å². The summed E-state index contributed by atoms with van der Waals surface area (Å²) in [5.41, 5.74) is 1.32. The summed E-state index contributed by atoms with van der Waals surface area (Å²) in [6.07, 6.45) is 6.10. The summed E-state index contributed by atoms with van der Waals surface area (Å²) in [5.74, 6) is 1.18. The highest BCUT2D eigenvalue weighted by molar-refractivity contribution is 5.94. The first kappa shape index (κ1) is 26.6. The molecule has 1 atom stereocenters. The minimum absolute atomic E-state index is 0.0393. The number of benzene rings is 1. The maximum atomic E-state index is 14.7. The Kier molecular flexibility index (Phi) is 8.96. The molecule has 0 bridgehead atoms. The minimum Gasteiger partial charge on any atom is -0.492 e. The van der Waals surface area contributed by atoms with Crippen LogP contribution in [0.1, 0.15) is 62.7 Å². The van der Waals surface area contributed by atoms with Crippen LogP contribution in [-0.4, -0.2) is 76.9 Å². The number of alkyl halides is 1. The number of hydrogen-bond acceptors (Lipinski definition) is 5. The van der Waals surface area contributed by atoms with Crippen LogP contribution in [0.15, 0.2) is 42.6 Å². The van der Waals surface area contributed by atoms with Crippen LogP contribution < -0.4 is 4.74 Å².